The van der Waals surface area contributed by atoms with Crippen molar-refractivity contribution in [2.45, 2.75) is 5.82 Å². The van der Waals surface area contributed by atoms with Crippen LogP contribution in [0, 0.1) is 11.0 Å². The van der Waals surface area contributed by atoms with Gasteiger partial charge in [0.05, 0.1) is 13.1 Å². The molecule has 1 heterocycles. The maximum atomic E-state index is 13.1. The Labute approximate surface area is 133 Å². The largest absolute Gasteiger partial charge is 0.624 e. The molecule has 0 bridgehead atoms. The van der Waals surface area contributed by atoms with Gasteiger partial charge >= 0.3 is 19.1 Å². The highest BCUT2D eigenvalue weighted by Gasteiger charge is 2.41. The van der Waals surface area contributed by atoms with Gasteiger partial charge in [-0.1, -0.05) is 12.1 Å². The Balaban J connectivity index is 2.33. The molecule has 0 spiro atoms. The molecule has 1 saturated heterocycles. The average Bonchev–Trinajstić information content (AvgIpc) is 2.43. The number of nitrogens with zero attached hydrogens (tertiary/aromatic N) is 2. The van der Waals surface area contributed by atoms with Crippen molar-refractivity contribution in [2.75, 3.05) is 27.2 Å². The molecule has 0 amide bonds. The van der Waals surface area contributed by atoms with E-state index in [9.17, 15) is 19.2 Å². The summed E-state index contributed by atoms with van der Waals surface area (Å²) in [6.07, 6.45) is 1.20. The van der Waals surface area contributed by atoms with Crippen LogP contribution in [-0.4, -0.2) is 62.1 Å². The van der Waals surface area contributed by atoms with Crippen molar-refractivity contribution < 1.29 is 28.0 Å². The fraction of sp³-hybridized carbons (Fsp3) is 0.357. The highest BCUT2D eigenvalue weighted by atomic mass is 19.1. The molecule has 1 aromatic rings. The Bertz CT molecular complexity index is 598. The third-order valence-corrected chi connectivity index (χ3v) is 3.21. The predicted molar refractivity (Wildman–Crippen MR) is 80.2 cm³/mol. The minimum absolute atomic E-state index is 0.0745. The molecular formula is C14H16BFN2O5. The first kappa shape index (κ1) is 16.9. The zero-order chi connectivity index (χ0) is 17.0. The molecule has 23 heavy (non-hydrogen) atoms. The SMILES string of the molecule is CN1CC(=O)OB(C(/C=[N+](/C)[O-])c2ccc(F)cc2)OC(=O)C1. The van der Waals surface area contributed by atoms with Crippen LogP contribution in [0.5, 0.6) is 0 Å². The van der Waals surface area contributed by atoms with Crippen molar-refractivity contribution >= 4 is 25.3 Å². The highest BCUT2D eigenvalue weighted by molar-refractivity contribution is 6.54. The molecule has 1 aliphatic heterocycles. The summed E-state index contributed by atoms with van der Waals surface area (Å²) >= 11 is 0. The maximum absolute atomic E-state index is 13.1. The fourth-order valence-corrected chi connectivity index (χ4v) is 2.23. The van der Waals surface area contributed by atoms with Crippen LogP contribution in [0.3, 0.4) is 0 Å². The first-order valence-electron chi connectivity index (χ1n) is 6.93. The number of hydroxylamine groups is 1. The second-order valence-corrected chi connectivity index (χ2v) is 5.29. The van der Waals surface area contributed by atoms with E-state index in [2.05, 4.69) is 0 Å². The van der Waals surface area contributed by atoms with Crippen molar-refractivity contribution in [1.29, 1.82) is 0 Å². The number of halogens is 1. The van der Waals surface area contributed by atoms with Crippen molar-refractivity contribution in [2.24, 2.45) is 0 Å². The minimum Gasteiger partial charge on any atom is -0.624 e. The van der Waals surface area contributed by atoms with E-state index in [0.717, 1.165) is 0 Å². The third-order valence-electron chi connectivity index (χ3n) is 3.21. The van der Waals surface area contributed by atoms with Crippen LogP contribution in [0.15, 0.2) is 24.3 Å². The van der Waals surface area contributed by atoms with Crippen LogP contribution in [0.4, 0.5) is 4.39 Å². The zero-order valence-corrected chi connectivity index (χ0v) is 12.8. The Kier molecular flexibility index (Phi) is 5.33. The van der Waals surface area contributed by atoms with E-state index in [1.807, 2.05) is 0 Å². The first-order chi connectivity index (χ1) is 10.8. The standard InChI is InChI=1S/C14H16BFN2O5/c1-17-8-13(19)22-15(23-14(20)9-17)12(7-18(2)21)10-3-5-11(16)6-4-10/h3-7,12H,8-9H2,1-2H3/b18-7-. The van der Waals surface area contributed by atoms with Gasteiger partial charge in [-0.2, -0.15) is 0 Å². The number of hydrogen-bond donors (Lipinski definition) is 0. The number of hydrogen-bond acceptors (Lipinski definition) is 6. The smallest absolute Gasteiger partial charge is 0.617 e. The summed E-state index contributed by atoms with van der Waals surface area (Å²) in [4.78, 5) is 25.1. The molecule has 9 heteroatoms. The van der Waals surface area contributed by atoms with Gasteiger partial charge in [0.25, 0.3) is 0 Å². The summed E-state index contributed by atoms with van der Waals surface area (Å²) in [7, 11) is 1.54. The lowest BCUT2D eigenvalue weighted by molar-refractivity contribution is -0.418. The molecular weight excluding hydrogens is 306 g/mol. The van der Waals surface area contributed by atoms with Crippen LogP contribution >= 0.6 is 0 Å². The Morgan fingerprint density at radius 2 is 1.78 bits per heavy atom. The predicted octanol–water partition coefficient (Wildman–Crippen LogP) is 0.179. The number of benzene rings is 1. The lowest BCUT2D eigenvalue weighted by atomic mass is 9.68. The van der Waals surface area contributed by atoms with E-state index < -0.39 is 30.7 Å². The van der Waals surface area contributed by atoms with E-state index in [-0.39, 0.29) is 13.1 Å². The summed E-state index contributed by atoms with van der Waals surface area (Å²) in [5.41, 5.74) is 0.480. The van der Waals surface area contributed by atoms with E-state index in [4.69, 9.17) is 9.31 Å². The molecule has 1 aromatic carbocycles. The molecule has 7 nitrogen and oxygen atoms in total. The molecule has 1 atom stereocenters. The van der Waals surface area contributed by atoms with Crippen molar-refractivity contribution in [3.8, 4) is 0 Å². The van der Waals surface area contributed by atoms with E-state index >= 15 is 0 Å². The molecule has 122 valence electrons. The number of likely N-dealkylation sites (N-methyl/N-ethyl adjacent to an activating group) is 1. The van der Waals surface area contributed by atoms with Crippen LogP contribution in [0.2, 0.25) is 0 Å². The summed E-state index contributed by atoms with van der Waals surface area (Å²) in [5.74, 6) is -2.45. The average molecular weight is 322 g/mol. The molecule has 0 aliphatic carbocycles. The molecule has 0 aromatic heterocycles. The molecule has 1 unspecified atom stereocenters. The van der Waals surface area contributed by atoms with Gasteiger partial charge < -0.3 is 14.5 Å². The van der Waals surface area contributed by atoms with Crippen molar-refractivity contribution in [3.05, 3.63) is 40.9 Å². The van der Waals surface area contributed by atoms with Gasteiger partial charge in [-0.3, -0.25) is 14.5 Å². The number of carbonyl (C=O) groups excluding carboxylic acids is 2. The quantitative estimate of drug-likeness (QED) is 0.260. The molecule has 0 N–H and O–H groups in total. The van der Waals surface area contributed by atoms with Gasteiger partial charge in [0.15, 0.2) is 6.21 Å². The summed E-state index contributed by atoms with van der Waals surface area (Å²) in [6.45, 7) is -0.149. The molecule has 0 saturated carbocycles. The number of carbonyl (C=O) groups is 2. The summed E-state index contributed by atoms with van der Waals surface area (Å²) in [6, 6.07) is 5.29. The van der Waals surface area contributed by atoms with Gasteiger partial charge in [-0.05, 0) is 24.7 Å². The maximum Gasteiger partial charge on any atom is 0.617 e. The minimum atomic E-state index is -1.29. The monoisotopic (exact) mass is 322 g/mol. The molecule has 1 aliphatic rings. The third kappa shape index (κ3) is 4.78. The van der Waals surface area contributed by atoms with Gasteiger partial charge in [-0.15, -0.1) is 0 Å². The normalized spacial score (nSPS) is 18.7. The van der Waals surface area contributed by atoms with E-state index in [1.54, 1.807) is 7.05 Å². The lowest BCUT2D eigenvalue weighted by Gasteiger charge is -2.25. The van der Waals surface area contributed by atoms with Crippen molar-refractivity contribution in [3.63, 3.8) is 0 Å². The lowest BCUT2D eigenvalue weighted by Crippen LogP contribution is -2.45. The Hall–Kier alpha value is -2.42. The van der Waals surface area contributed by atoms with Crippen LogP contribution in [0.1, 0.15) is 11.4 Å². The first-order valence-corrected chi connectivity index (χ1v) is 6.93. The number of rotatable bonds is 3. The van der Waals surface area contributed by atoms with Crippen molar-refractivity contribution in [1.82, 2.24) is 4.90 Å². The zero-order valence-electron chi connectivity index (χ0n) is 12.8. The van der Waals surface area contributed by atoms with Gasteiger partial charge in [0, 0.05) is 0 Å². The summed E-state index contributed by atoms with van der Waals surface area (Å²) in [5, 5.41) is 11.4. The Morgan fingerprint density at radius 1 is 1.26 bits per heavy atom. The Morgan fingerprint density at radius 3 is 2.26 bits per heavy atom. The second kappa shape index (κ2) is 7.23. The molecule has 2 rings (SSSR count). The van der Waals surface area contributed by atoms with E-state index in [0.29, 0.717) is 10.3 Å². The van der Waals surface area contributed by atoms with E-state index in [1.165, 1.54) is 42.4 Å². The summed E-state index contributed by atoms with van der Waals surface area (Å²) < 4.78 is 23.9. The molecule has 0 radical (unpaired) electrons. The van der Waals surface area contributed by atoms with Crippen LogP contribution < -0.4 is 0 Å². The fourth-order valence-electron chi connectivity index (χ4n) is 2.23. The van der Waals surface area contributed by atoms with Gasteiger partial charge in [-0.25, -0.2) is 9.13 Å². The van der Waals surface area contributed by atoms with Crippen LogP contribution in [-0.2, 0) is 18.9 Å². The van der Waals surface area contributed by atoms with Crippen LogP contribution in [0.25, 0.3) is 0 Å². The topological polar surface area (TPSA) is 81.9 Å². The second-order valence-electron chi connectivity index (χ2n) is 5.29. The molecule has 1 fully saturated rings. The highest BCUT2D eigenvalue weighted by Crippen LogP contribution is 2.20. The van der Waals surface area contributed by atoms with Gasteiger partial charge in [0.1, 0.15) is 18.7 Å². The van der Waals surface area contributed by atoms with Gasteiger partial charge in [0.2, 0.25) is 0 Å².